The normalized spacial score (nSPS) is 14.3. The van der Waals surface area contributed by atoms with Crippen LogP contribution in [-0.4, -0.2) is 62.6 Å². The summed E-state index contributed by atoms with van der Waals surface area (Å²) in [5.41, 5.74) is 1.72. The maximum absolute atomic E-state index is 13.1. The first kappa shape index (κ1) is 20.7. The highest BCUT2D eigenvalue weighted by atomic mass is 32.2. The Bertz CT molecular complexity index is 1290. The summed E-state index contributed by atoms with van der Waals surface area (Å²) in [6.07, 6.45) is 0. The molecule has 0 spiro atoms. The van der Waals surface area contributed by atoms with E-state index in [1.807, 2.05) is 22.4 Å². The van der Waals surface area contributed by atoms with Crippen LogP contribution in [0.25, 0.3) is 16.1 Å². The third-order valence-corrected chi connectivity index (χ3v) is 7.10. The van der Waals surface area contributed by atoms with E-state index < -0.39 is 0 Å². The number of hydrogen-bond donors (Lipinski definition) is 1. The zero-order valence-electron chi connectivity index (χ0n) is 16.9. The number of carbonyl (C=O) groups excluding carboxylic acids is 1. The largest absolute Gasteiger partial charge is 0.368 e. The van der Waals surface area contributed by atoms with Crippen LogP contribution in [0, 0.1) is 5.82 Å². The Balaban J connectivity index is 1.24. The number of halogens is 1. The molecule has 32 heavy (non-hydrogen) atoms. The maximum Gasteiger partial charge on any atom is 0.290 e. The van der Waals surface area contributed by atoms with E-state index >= 15 is 0 Å². The number of rotatable bonds is 5. The number of fused-ring (bicyclic) bond motifs is 1. The number of carbonyl (C=O) groups is 1. The summed E-state index contributed by atoms with van der Waals surface area (Å²) >= 11 is 2.79. The van der Waals surface area contributed by atoms with Crippen molar-refractivity contribution < 1.29 is 9.18 Å². The summed E-state index contributed by atoms with van der Waals surface area (Å²) in [5.74, 6) is -0.0661. The number of benzene rings is 1. The van der Waals surface area contributed by atoms with E-state index in [1.54, 1.807) is 29.5 Å². The third-order valence-electron chi connectivity index (χ3n) is 5.30. The van der Waals surface area contributed by atoms with Gasteiger partial charge in [0.05, 0.1) is 10.6 Å². The van der Waals surface area contributed by atoms with Crippen LogP contribution in [0.3, 0.4) is 0 Å². The molecule has 1 N–H and O–H groups in total. The summed E-state index contributed by atoms with van der Waals surface area (Å²) in [7, 11) is 0. The molecule has 0 aliphatic carbocycles. The number of hydrogen-bond acceptors (Lipinski definition) is 7. The Kier molecular flexibility index (Phi) is 5.66. The number of aromatic amines is 1. The lowest BCUT2D eigenvalue weighted by atomic mass is 10.2. The Labute approximate surface area is 190 Å². The van der Waals surface area contributed by atoms with Crippen molar-refractivity contribution in [1.82, 2.24) is 24.7 Å². The quantitative estimate of drug-likeness (QED) is 0.452. The molecule has 1 fully saturated rings. The lowest BCUT2D eigenvalue weighted by Crippen LogP contribution is -2.49. The second-order valence-corrected chi connectivity index (χ2v) is 9.16. The van der Waals surface area contributed by atoms with Crippen molar-refractivity contribution in [1.29, 1.82) is 0 Å². The summed E-state index contributed by atoms with van der Waals surface area (Å²) in [6.45, 7) is 2.56. The number of aromatic nitrogens is 4. The van der Waals surface area contributed by atoms with Crippen molar-refractivity contribution in [3.05, 3.63) is 64.0 Å². The molecule has 11 heteroatoms. The van der Waals surface area contributed by atoms with Gasteiger partial charge in [-0.15, -0.1) is 16.4 Å². The minimum atomic E-state index is -0.326. The fourth-order valence-corrected chi connectivity index (χ4v) is 5.10. The number of anilines is 1. The number of H-pyrrole nitrogens is 1. The lowest BCUT2D eigenvalue weighted by Gasteiger charge is -2.36. The second kappa shape index (κ2) is 8.75. The van der Waals surface area contributed by atoms with Gasteiger partial charge in [-0.2, -0.15) is 5.10 Å². The van der Waals surface area contributed by atoms with Crippen molar-refractivity contribution in [2.45, 2.75) is 5.16 Å². The van der Waals surface area contributed by atoms with Gasteiger partial charge in [0, 0.05) is 31.9 Å². The van der Waals surface area contributed by atoms with Gasteiger partial charge in [0.2, 0.25) is 11.1 Å². The molecule has 4 heterocycles. The van der Waals surface area contributed by atoms with Gasteiger partial charge in [-0.25, -0.2) is 14.0 Å². The molecule has 4 aromatic rings. The molecule has 0 bridgehead atoms. The van der Waals surface area contributed by atoms with Gasteiger partial charge in [0.25, 0.3) is 5.56 Å². The first-order chi connectivity index (χ1) is 15.6. The Morgan fingerprint density at radius 1 is 1.16 bits per heavy atom. The van der Waals surface area contributed by atoms with Crippen LogP contribution in [0.2, 0.25) is 0 Å². The second-order valence-electron chi connectivity index (χ2n) is 7.27. The molecule has 1 aliphatic heterocycles. The summed E-state index contributed by atoms with van der Waals surface area (Å²) in [6, 6.07) is 12.0. The summed E-state index contributed by atoms with van der Waals surface area (Å²) in [4.78, 5) is 29.9. The van der Waals surface area contributed by atoms with Gasteiger partial charge in [0.15, 0.2) is 0 Å². The van der Waals surface area contributed by atoms with E-state index in [1.165, 1.54) is 28.4 Å². The molecule has 164 valence electrons. The maximum atomic E-state index is 13.1. The molecular formula is C21H19FN6O2S2. The van der Waals surface area contributed by atoms with Crippen molar-refractivity contribution in [3.8, 4) is 10.6 Å². The average Bonchev–Trinajstić information content (AvgIpc) is 3.50. The number of thioether (sulfide) groups is 1. The third kappa shape index (κ3) is 4.13. The molecule has 1 aliphatic rings. The first-order valence-corrected chi connectivity index (χ1v) is 11.9. The van der Waals surface area contributed by atoms with Gasteiger partial charge in [-0.1, -0.05) is 17.8 Å². The molecule has 1 saturated heterocycles. The van der Waals surface area contributed by atoms with E-state index in [2.05, 4.69) is 20.2 Å². The molecule has 0 unspecified atom stereocenters. The van der Waals surface area contributed by atoms with Gasteiger partial charge < -0.3 is 9.80 Å². The average molecular weight is 471 g/mol. The van der Waals surface area contributed by atoms with Crippen LogP contribution in [0.5, 0.6) is 0 Å². The number of amides is 1. The minimum Gasteiger partial charge on any atom is -0.368 e. The van der Waals surface area contributed by atoms with Crippen LogP contribution in [0.1, 0.15) is 0 Å². The van der Waals surface area contributed by atoms with E-state index in [9.17, 15) is 14.0 Å². The highest BCUT2D eigenvalue weighted by molar-refractivity contribution is 7.99. The zero-order chi connectivity index (χ0) is 22.1. The summed E-state index contributed by atoms with van der Waals surface area (Å²) < 4.78 is 14.6. The number of nitrogens with zero attached hydrogens (tertiary/aromatic N) is 5. The molecule has 1 amide bonds. The SMILES string of the molecule is O=C(CSc1n[nH]c(=O)c2cc(-c3cccs3)nn12)N1CCN(c2ccc(F)cc2)CC1. The molecular weight excluding hydrogens is 451 g/mol. The highest BCUT2D eigenvalue weighted by Crippen LogP contribution is 2.25. The monoisotopic (exact) mass is 470 g/mol. The topological polar surface area (TPSA) is 86.6 Å². The Morgan fingerprint density at radius 3 is 2.66 bits per heavy atom. The van der Waals surface area contributed by atoms with Crippen LogP contribution < -0.4 is 10.5 Å². The molecule has 0 radical (unpaired) electrons. The van der Waals surface area contributed by atoms with Crippen LogP contribution in [-0.2, 0) is 4.79 Å². The minimum absolute atomic E-state index is 0.000502. The van der Waals surface area contributed by atoms with Gasteiger partial charge in [-0.3, -0.25) is 9.59 Å². The predicted molar refractivity (Wildman–Crippen MR) is 123 cm³/mol. The van der Waals surface area contributed by atoms with Gasteiger partial charge in [-0.05, 0) is 41.8 Å². The number of nitrogens with one attached hydrogen (secondary N) is 1. The smallest absolute Gasteiger partial charge is 0.290 e. The molecule has 0 atom stereocenters. The fraction of sp³-hybridized carbons (Fsp3) is 0.238. The van der Waals surface area contributed by atoms with Gasteiger partial charge in [0.1, 0.15) is 17.0 Å². The van der Waals surface area contributed by atoms with Crippen LogP contribution >= 0.6 is 23.1 Å². The van der Waals surface area contributed by atoms with Crippen LogP contribution in [0.15, 0.2) is 57.8 Å². The molecule has 1 aromatic carbocycles. The number of thiophene rings is 1. The molecule has 8 nitrogen and oxygen atoms in total. The van der Waals surface area contributed by atoms with Crippen LogP contribution in [0.4, 0.5) is 10.1 Å². The van der Waals surface area contributed by atoms with Crippen molar-refractivity contribution >= 4 is 40.2 Å². The van der Waals surface area contributed by atoms with Crippen molar-refractivity contribution in [2.75, 3.05) is 36.8 Å². The number of piperazine rings is 1. The van der Waals surface area contributed by atoms with E-state index in [0.29, 0.717) is 42.5 Å². The van der Waals surface area contributed by atoms with Crippen molar-refractivity contribution in [3.63, 3.8) is 0 Å². The summed E-state index contributed by atoms with van der Waals surface area (Å²) in [5, 5.41) is 13.5. The van der Waals surface area contributed by atoms with E-state index in [0.717, 1.165) is 10.6 Å². The Hall–Kier alpha value is -3.18. The van der Waals surface area contributed by atoms with Crippen molar-refractivity contribution in [2.24, 2.45) is 0 Å². The standard InChI is InChI=1S/C21H19FN6O2S2/c22-14-3-5-15(6-4-14)26-7-9-27(10-8-26)19(29)13-32-21-24-23-20(30)17-12-16(25-28(17)21)18-2-1-11-31-18/h1-6,11-12H,7-10,13H2,(H,23,30). The Morgan fingerprint density at radius 2 is 1.94 bits per heavy atom. The van der Waals surface area contributed by atoms with E-state index in [-0.39, 0.29) is 23.0 Å². The highest BCUT2D eigenvalue weighted by Gasteiger charge is 2.22. The lowest BCUT2D eigenvalue weighted by molar-refractivity contribution is -0.128. The van der Waals surface area contributed by atoms with E-state index in [4.69, 9.17) is 0 Å². The van der Waals surface area contributed by atoms with Gasteiger partial charge >= 0.3 is 0 Å². The molecule has 3 aromatic heterocycles. The molecule has 5 rings (SSSR count). The first-order valence-electron chi connectivity index (χ1n) is 10.0. The fourth-order valence-electron chi connectivity index (χ4n) is 3.61. The predicted octanol–water partition coefficient (Wildman–Crippen LogP) is 2.73. The molecule has 0 saturated carbocycles. The zero-order valence-corrected chi connectivity index (χ0v) is 18.5.